The molecule has 186 valence electrons. The fraction of sp³-hybridized carbons (Fsp3) is 0.0882. The van der Waals surface area contributed by atoms with Crippen LogP contribution < -0.4 is 9.47 Å². The summed E-state index contributed by atoms with van der Waals surface area (Å²) in [6.45, 7) is 1.81. The maximum absolute atomic E-state index is 5.99. The highest BCUT2D eigenvalue weighted by Crippen LogP contribution is 2.28. The second-order valence-electron chi connectivity index (χ2n) is 9.23. The van der Waals surface area contributed by atoms with Gasteiger partial charge in [0.15, 0.2) is 0 Å². The number of imidazole rings is 1. The number of benzene rings is 5. The van der Waals surface area contributed by atoms with E-state index in [0.717, 1.165) is 45.0 Å². The van der Waals surface area contributed by atoms with Gasteiger partial charge in [-0.2, -0.15) is 0 Å². The summed E-state index contributed by atoms with van der Waals surface area (Å²) in [6, 6.07) is 45.2. The summed E-state index contributed by atoms with van der Waals surface area (Å²) in [6.07, 6.45) is 0. The van der Waals surface area contributed by atoms with Crippen LogP contribution in [0.4, 0.5) is 0 Å². The summed E-state index contributed by atoms with van der Waals surface area (Å²) in [7, 11) is 0. The zero-order chi connectivity index (χ0) is 25.6. The number of hydrogen-bond acceptors (Lipinski definition) is 3. The molecule has 0 spiro atoms. The number of nitrogens with zero attached hydrogens (tertiary/aromatic N) is 2. The van der Waals surface area contributed by atoms with Crippen LogP contribution >= 0.6 is 0 Å². The molecule has 1 aromatic heterocycles. The first-order valence-electron chi connectivity index (χ1n) is 12.8. The lowest BCUT2D eigenvalue weighted by Gasteiger charge is -2.12. The molecule has 0 atom stereocenters. The third-order valence-electron chi connectivity index (χ3n) is 6.53. The minimum Gasteiger partial charge on any atom is -0.489 e. The first-order chi connectivity index (χ1) is 18.8. The van der Waals surface area contributed by atoms with Gasteiger partial charge in [-0.1, -0.05) is 84.9 Å². The third-order valence-corrected chi connectivity index (χ3v) is 6.53. The monoisotopic (exact) mass is 496 g/mol. The molecule has 0 fully saturated rings. The molecular formula is C34H28N2O2. The second kappa shape index (κ2) is 11.1. The number of ether oxygens (including phenoxy) is 2. The molecule has 0 aliphatic carbocycles. The van der Waals surface area contributed by atoms with E-state index in [4.69, 9.17) is 14.5 Å². The molecular weight excluding hydrogens is 468 g/mol. The van der Waals surface area contributed by atoms with Crippen LogP contribution in [0.25, 0.3) is 22.4 Å². The molecule has 0 aliphatic heterocycles. The van der Waals surface area contributed by atoms with Crippen LogP contribution in [0.1, 0.15) is 16.7 Å². The highest BCUT2D eigenvalue weighted by atomic mass is 16.5. The van der Waals surface area contributed by atoms with Crippen LogP contribution in [0.2, 0.25) is 0 Å². The van der Waals surface area contributed by atoms with Crippen LogP contribution in [0, 0.1) is 0 Å². The van der Waals surface area contributed by atoms with Crippen molar-refractivity contribution in [3.8, 4) is 22.9 Å². The van der Waals surface area contributed by atoms with Crippen molar-refractivity contribution >= 4 is 11.0 Å². The summed E-state index contributed by atoms with van der Waals surface area (Å²) in [5.41, 5.74) is 6.63. The molecule has 4 nitrogen and oxygen atoms in total. The normalized spacial score (nSPS) is 10.9. The first-order valence-corrected chi connectivity index (χ1v) is 12.8. The average Bonchev–Trinajstić information content (AvgIpc) is 3.35. The summed E-state index contributed by atoms with van der Waals surface area (Å²) in [5.74, 6) is 2.64. The van der Waals surface area contributed by atoms with Crippen molar-refractivity contribution in [1.82, 2.24) is 9.55 Å². The number of para-hydroxylation sites is 2. The van der Waals surface area contributed by atoms with Gasteiger partial charge in [0.25, 0.3) is 0 Å². The molecule has 6 aromatic rings. The summed E-state index contributed by atoms with van der Waals surface area (Å²) < 4.78 is 14.2. The number of aromatic nitrogens is 2. The van der Waals surface area contributed by atoms with Gasteiger partial charge < -0.3 is 14.0 Å². The Balaban J connectivity index is 1.20. The lowest BCUT2D eigenvalue weighted by molar-refractivity contribution is 0.306. The van der Waals surface area contributed by atoms with Crippen molar-refractivity contribution < 1.29 is 9.47 Å². The van der Waals surface area contributed by atoms with E-state index in [1.165, 1.54) is 5.56 Å². The smallest absolute Gasteiger partial charge is 0.141 e. The van der Waals surface area contributed by atoms with E-state index in [1.54, 1.807) is 0 Å². The fourth-order valence-corrected chi connectivity index (χ4v) is 4.51. The third kappa shape index (κ3) is 5.45. The fourth-order valence-electron chi connectivity index (χ4n) is 4.51. The Morgan fingerprint density at radius 3 is 1.63 bits per heavy atom. The van der Waals surface area contributed by atoms with Gasteiger partial charge in [0.1, 0.15) is 30.5 Å². The highest BCUT2D eigenvalue weighted by molar-refractivity contribution is 5.80. The minimum atomic E-state index is 0.545. The Labute approximate surface area is 222 Å². The largest absolute Gasteiger partial charge is 0.489 e. The van der Waals surface area contributed by atoms with Crippen molar-refractivity contribution in [1.29, 1.82) is 0 Å². The van der Waals surface area contributed by atoms with Crippen LogP contribution in [-0.4, -0.2) is 9.55 Å². The molecule has 0 radical (unpaired) electrons. The van der Waals surface area contributed by atoms with Crippen molar-refractivity contribution in [2.75, 3.05) is 0 Å². The van der Waals surface area contributed by atoms with Crippen LogP contribution in [0.15, 0.2) is 133 Å². The van der Waals surface area contributed by atoms with E-state index < -0.39 is 0 Å². The van der Waals surface area contributed by atoms with E-state index in [2.05, 4.69) is 71.3 Å². The Kier molecular flexibility index (Phi) is 6.86. The van der Waals surface area contributed by atoms with Gasteiger partial charge >= 0.3 is 0 Å². The predicted molar refractivity (Wildman–Crippen MR) is 152 cm³/mol. The molecule has 4 heteroatoms. The second-order valence-corrected chi connectivity index (χ2v) is 9.23. The summed E-state index contributed by atoms with van der Waals surface area (Å²) in [5, 5.41) is 0. The van der Waals surface area contributed by atoms with Crippen molar-refractivity contribution in [3.05, 3.63) is 150 Å². The van der Waals surface area contributed by atoms with Crippen LogP contribution in [-0.2, 0) is 19.8 Å². The van der Waals surface area contributed by atoms with Crippen molar-refractivity contribution in [3.63, 3.8) is 0 Å². The zero-order valence-electron chi connectivity index (χ0n) is 21.0. The van der Waals surface area contributed by atoms with E-state index in [9.17, 15) is 0 Å². The van der Waals surface area contributed by atoms with Gasteiger partial charge in [0.05, 0.1) is 11.0 Å². The predicted octanol–water partition coefficient (Wildman–Crippen LogP) is 7.91. The molecule has 38 heavy (non-hydrogen) atoms. The van der Waals surface area contributed by atoms with E-state index >= 15 is 0 Å². The van der Waals surface area contributed by atoms with E-state index in [-0.39, 0.29) is 0 Å². The van der Waals surface area contributed by atoms with Gasteiger partial charge in [-0.15, -0.1) is 0 Å². The molecule has 0 unspecified atom stereocenters. The maximum atomic E-state index is 5.99. The molecule has 5 aromatic carbocycles. The Hall–Kier alpha value is -4.83. The van der Waals surface area contributed by atoms with Crippen LogP contribution in [0.5, 0.6) is 11.5 Å². The lowest BCUT2D eigenvalue weighted by atomic mass is 10.1. The van der Waals surface area contributed by atoms with Gasteiger partial charge in [0, 0.05) is 12.1 Å². The van der Waals surface area contributed by atoms with E-state index in [1.807, 2.05) is 66.7 Å². The molecule has 0 amide bonds. The number of hydrogen-bond donors (Lipinski definition) is 0. The molecule has 0 aliphatic rings. The van der Waals surface area contributed by atoms with Gasteiger partial charge in [-0.25, -0.2) is 4.98 Å². The highest BCUT2D eigenvalue weighted by Gasteiger charge is 2.13. The van der Waals surface area contributed by atoms with Crippen LogP contribution in [0.3, 0.4) is 0 Å². The molecule has 0 saturated heterocycles. The van der Waals surface area contributed by atoms with E-state index in [0.29, 0.717) is 19.8 Å². The molecule has 6 rings (SSSR count). The van der Waals surface area contributed by atoms with Gasteiger partial charge in [-0.05, 0) is 65.2 Å². The molecule has 0 saturated carbocycles. The van der Waals surface area contributed by atoms with Crippen molar-refractivity contribution in [2.45, 2.75) is 19.8 Å². The zero-order valence-corrected chi connectivity index (χ0v) is 21.0. The Morgan fingerprint density at radius 2 is 1.03 bits per heavy atom. The van der Waals surface area contributed by atoms with Gasteiger partial charge in [-0.3, -0.25) is 0 Å². The summed E-state index contributed by atoms with van der Waals surface area (Å²) >= 11 is 0. The molecule has 0 bridgehead atoms. The lowest BCUT2D eigenvalue weighted by Crippen LogP contribution is -2.03. The Bertz CT molecular complexity index is 1610. The number of fused-ring (bicyclic) bond motifs is 1. The topological polar surface area (TPSA) is 36.3 Å². The van der Waals surface area contributed by atoms with Crippen molar-refractivity contribution in [2.24, 2.45) is 0 Å². The summed E-state index contributed by atoms with van der Waals surface area (Å²) in [4.78, 5) is 4.98. The molecule has 0 N–H and O–H groups in total. The maximum Gasteiger partial charge on any atom is 0.141 e. The minimum absolute atomic E-state index is 0.545. The quantitative estimate of drug-likeness (QED) is 0.204. The van der Waals surface area contributed by atoms with Gasteiger partial charge in [0.2, 0.25) is 0 Å². The average molecular weight is 497 g/mol. The SMILES string of the molecule is c1ccc(COc2ccc(Cn3c(-c4ccc(OCc5ccccc5)cc4)nc4ccccc43)cc2)cc1. The molecule has 1 heterocycles. The number of rotatable bonds is 9. The Morgan fingerprint density at radius 1 is 0.500 bits per heavy atom. The standard InChI is InChI=1S/C34H28N2O2/c1-3-9-27(10-4-1)24-37-30-19-15-26(16-20-30)23-36-33-14-8-7-13-32(33)35-34(36)29-17-21-31(22-18-29)38-25-28-11-5-2-6-12-28/h1-22H,23-25H2. The first kappa shape index (κ1) is 23.6.